The van der Waals surface area contributed by atoms with Crippen LogP contribution in [0.3, 0.4) is 0 Å². The number of piperazine rings is 1. The fourth-order valence-electron chi connectivity index (χ4n) is 2.52. The van der Waals surface area contributed by atoms with Gasteiger partial charge in [0, 0.05) is 33.1 Å². The van der Waals surface area contributed by atoms with Crippen LogP contribution in [0.2, 0.25) is 0 Å². The van der Waals surface area contributed by atoms with Crippen molar-refractivity contribution in [2.24, 2.45) is 0 Å². The Balaban J connectivity index is 0.00000264. The molecule has 4 nitrogen and oxygen atoms in total. The van der Waals surface area contributed by atoms with Gasteiger partial charge in [-0.05, 0) is 17.7 Å². The van der Waals surface area contributed by atoms with E-state index < -0.39 is 17.7 Å². The second-order valence-electron chi connectivity index (χ2n) is 5.23. The van der Waals surface area contributed by atoms with Crippen molar-refractivity contribution in [1.29, 1.82) is 0 Å². The SMILES string of the molecule is CC(=O)OCC(c1cccc(C(F)(F)F)c1)N1CCNCC1.Cl. The first-order valence-corrected chi connectivity index (χ1v) is 7.13. The molecule has 0 aliphatic carbocycles. The Bertz CT molecular complexity index is 520. The molecule has 1 fully saturated rings. The summed E-state index contributed by atoms with van der Waals surface area (Å²) >= 11 is 0. The lowest BCUT2D eigenvalue weighted by atomic mass is 10.0. The molecule has 0 saturated carbocycles. The van der Waals surface area contributed by atoms with Crippen LogP contribution in [0.4, 0.5) is 13.2 Å². The van der Waals surface area contributed by atoms with Crippen LogP contribution in [0.1, 0.15) is 24.1 Å². The van der Waals surface area contributed by atoms with Crippen molar-refractivity contribution in [3.05, 3.63) is 35.4 Å². The average Bonchev–Trinajstić information content (AvgIpc) is 2.48. The minimum absolute atomic E-state index is 0. The molecule has 23 heavy (non-hydrogen) atoms. The molecular weight excluding hydrogens is 333 g/mol. The fourth-order valence-corrected chi connectivity index (χ4v) is 2.52. The van der Waals surface area contributed by atoms with Crippen molar-refractivity contribution < 1.29 is 22.7 Å². The van der Waals surface area contributed by atoms with Gasteiger partial charge < -0.3 is 10.1 Å². The third kappa shape index (κ3) is 5.67. The van der Waals surface area contributed by atoms with Gasteiger partial charge in [-0.2, -0.15) is 13.2 Å². The number of rotatable bonds is 4. The van der Waals surface area contributed by atoms with Crippen LogP contribution in [0, 0.1) is 0 Å². The predicted molar refractivity (Wildman–Crippen MR) is 82.5 cm³/mol. The normalized spacial score (nSPS) is 17.2. The quantitative estimate of drug-likeness (QED) is 0.846. The second kappa shape index (κ2) is 8.52. The van der Waals surface area contributed by atoms with Gasteiger partial charge in [0.2, 0.25) is 0 Å². The number of ether oxygens (including phenoxy) is 1. The first kappa shape index (κ1) is 19.7. The van der Waals surface area contributed by atoms with Crippen molar-refractivity contribution in [2.75, 3.05) is 32.8 Å². The first-order chi connectivity index (χ1) is 10.4. The molecule has 1 aromatic carbocycles. The average molecular weight is 353 g/mol. The zero-order chi connectivity index (χ0) is 16.2. The van der Waals surface area contributed by atoms with Gasteiger partial charge in [-0.25, -0.2) is 0 Å². The van der Waals surface area contributed by atoms with Crippen LogP contribution < -0.4 is 5.32 Å². The smallest absolute Gasteiger partial charge is 0.416 e. The molecule has 8 heteroatoms. The van der Waals surface area contributed by atoms with Crippen LogP contribution in [-0.4, -0.2) is 43.7 Å². The maximum atomic E-state index is 12.9. The molecule has 1 N–H and O–H groups in total. The van der Waals surface area contributed by atoms with Crippen LogP contribution >= 0.6 is 12.4 Å². The van der Waals surface area contributed by atoms with Crippen molar-refractivity contribution in [3.8, 4) is 0 Å². The van der Waals surface area contributed by atoms with Gasteiger partial charge >= 0.3 is 12.1 Å². The summed E-state index contributed by atoms with van der Waals surface area (Å²) < 4.78 is 43.7. The summed E-state index contributed by atoms with van der Waals surface area (Å²) in [5.41, 5.74) is -0.175. The second-order valence-corrected chi connectivity index (χ2v) is 5.23. The first-order valence-electron chi connectivity index (χ1n) is 7.13. The molecule has 0 aromatic heterocycles. The summed E-state index contributed by atoms with van der Waals surface area (Å²) in [6.07, 6.45) is -4.38. The van der Waals surface area contributed by atoms with Crippen LogP contribution in [0.15, 0.2) is 24.3 Å². The van der Waals surface area contributed by atoms with E-state index in [1.165, 1.54) is 13.0 Å². The van der Waals surface area contributed by atoms with Gasteiger partial charge in [0.05, 0.1) is 11.6 Å². The summed E-state index contributed by atoms with van der Waals surface area (Å²) in [5, 5.41) is 3.19. The molecule has 1 aromatic rings. The number of halogens is 4. The standard InChI is InChI=1S/C15H19F3N2O2.ClH/c1-11(21)22-10-14(20-7-5-19-6-8-20)12-3-2-4-13(9-12)15(16,17)18;/h2-4,9,14,19H,5-8,10H2,1H3;1H. The van der Waals surface area contributed by atoms with E-state index in [0.717, 1.165) is 25.2 Å². The molecule has 0 spiro atoms. The molecule has 0 radical (unpaired) electrons. The Hall–Kier alpha value is -1.31. The lowest BCUT2D eigenvalue weighted by Gasteiger charge is -2.35. The molecule has 1 aliphatic heterocycles. The number of alkyl halides is 3. The number of benzene rings is 1. The van der Waals surface area contributed by atoms with E-state index in [1.54, 1.807) is 6.07 Å². The van der Waals surface area contributed by atoms with Crippen LogP contribution in [0.5, 0.6) is 0 Å². The van der Waals surface area contributed by atoms with Crippen molar-refractivity contribution >= 4 is 18.4 Å². The minimum atomic E-state index is -4.38. The molecular formula is C15H20ClF3N2O2. The Morgan fingerprint density at radius 3 is 2.57 bits per heavy atom. The van der Waals surface area contributed by atoms with E-state index in [0.29, 0.717) is 18.7 Å². The van der Waals surface area contributed by atoms with E-state index in [9.17, 15) is 18.0 Å². The molecule has 1 aliphatic rings. The van der Waals surface area contributed by atoms with Crippen LogP contribution in [-0.2, 0) is 15.7 Å². The highest BCUT2D eigenvalue weighted by Crippen LogP contribution is 2.32. The summed E-state index contributed by atoms with van der Waals surface area (Å²) in [4.78, 5) is 13.1. The zero-order valence-corrected chi connectivity index (χ0v) is 13.5. The van der Waals surface area contributed by atoms with E-state index in [4.69, 9.17) is 4.74 Å². The lowest BCUT2D eigenvalue weighted by Crippen LogP contribution is -2.46. The third-order valence-corrected chi connectivity index (χ3v) is 3.64. The maximum Gasteiger partial charge on any atom is 0.416 e. The van der Waals surface area contributed by atoms with Gasteiger partial charge in [-0.1, -0.05) is 12.1 Å². The molecule has 1 heterocycles. The van der Waals surface area contributed by atoms with E-state index >= 15 is 0 Å². The van der Waals surface area contributed by atoms with Gasteiger partial charge in [-0.3, -0.25) is 9.69 Å². The van der Waals surface area contributed by atoms with E-state index in [2.05, 4.69) is 5.32 Å². The molecule has 130 valence electrons. The Labute approximate surface area is 139 Å². The van der Waals surface area contributed by atoms with Crippen molar-refractivity contribution in [1.82, 2.24) is 10.2 Å². The predicted octanol–water partition coefficient (Wildman–Crippen LogP) is 2.64. The fraction of sp³-hybridized carbons (Fsp3) is 0.533. The number of hydrogen-bond acceptors (Lipinski definition) is 4. The lowest BCUT2D eigenvalue weighted by molar-refractivity contribution is -0.143. The minimum Gasteiger partial charge on any atom is -0.464 e. The Morgan fingerprint density at radius 2 is 2.00 bits per heavy atom. The zero-order valence-electron chi connectivity index (χ0n) is 12.7. The number of carbonyl (C=O) groups excluding carboxylic acids is 1. The van der Waals surface area contributed by atoms with Crippen molar-refractivity contribution in [3.63, 3.8) is 0 Å². The van der Waals surface area contributed by atoms with Gasteiger partial charge in [0.15, 0.2) is 0 Å². The van der Waals surface area contributed by atoms with Gasteiger partial charge in [0.25, 0.3) is 0 Å². The highest BCUT2D eigenvalue weighted by atomic mass is 35.5. The topological polar surface area (TPSA) is 41.6 Å². The summed E-state index contributed by atoms with van der Waals surface area (Å²) in [6.45, 7) is 4.26. The van der Waals surface area contributed by atoms with Gasteiger partial charge in [-0.15, -0.1) is 12.4 Å². The Morgan fingerprint density at radius 1 is 1.35 bits per heavy atom. The number of nitrogens with one attached hydrogen (secondary N) is 1. The maximum absolute atomic E-state index is 12.9. The number of hydrogen-bond donors (Lipinski definition) is 1. The number of esters is 1. The van der Waals surface area contributed by atoms with Gasteiger partial charge in [0.1, 0.15) is 6.61 Å². The van der Waals surface area contributed by atoms with Crippen molar-refractivity contribution in [2.45, 2.75) is 19.1 Å². The molecule has 0 bridgehead atoms. The largest absolute Gasteiger partial charge is 0.464 e. The molecule has 1 saturated heterocycles. The van der Waals surface area contributed by atoms with E-state index in [-0.39, 0.29) is 25.1 Å². The molecule has 1 atom stereocenters. The molecule has 2 rings (SSSR count). The molecule has 1 unspecified atom stereocenters. The highest BCUT2D eigenvalue weighted by molar-refractivity contribution is 5.85. The number of carbonyl (C=O) groups is 1. The van der Waals surface area contributed by atoms with Crippen LogP contribution in [0.25, 0.3) is 0 Å². The highest BCUT2D eigenvalue weighted by Gasteiger charge is 2.32. The third-order valence-electron chi connectivity index (χ3n) is 3.64. The summed E-state index contributed by atoms with van der Waals surface area (Å²) in [7, 11) is 0. The van der Waals surface area contributed by atoms with E-state index in [1.807, 2.05) is 4.90 Å². The molecule has 0 amide bonds. The summed E-state index contributed by atoms with van der Waals surface area (Å²) in [6, 6.07) is 4.85. The Kier molecular flexibility index (Phi) is 7.31. The number of nitrogens with zero attached hydrogens (tertiary/aromatic N) is 1. The monoisotopic (exact) mass is 352 g/mol. The summed E-state index contributed by atoms with van der Waals surface area (Å²) in [5.74, 6) is -0.438.